The molecule has 0 fully saturated rings. The Morgan fingerprint density at radius 1 is 1.47 bits per heavy atom. The van der Waals surface area contributed by atoms with Gasteiger partial charge in [0.05, 0.1) is 17.8 Å². The average molecular weight is 234 g/mol. The number of carboxylic acids is 1. The molecule has 2 heterocycles. The summed E-state index contributed by atoms with van der Waals surface area (Å²) in [6.45, 7) is 1.79. The van der Waals surface area contributed by atoms with Crippen LogP contribution in [0.25, 0.3) is 5.65 Å². The van der Waals surface area contributed by atoms with E-state index in [1.807, 2.05) is 31.1 Å². The van der Waals surface area contributed by atoms with Crippen molar-refractivity contribution in [1.82, 2.24) is 14.6 Å². The zero-order valence-corrected chi connectivity index (χ0v) is 10.0. The van der Waals surface area contributed by atoms with E-state index < -0.39 is 5.97 Å². The lowest BCUT2D eigenvalue weighted by atomic mass is 10.3. The maximum atomic E-state index is 10.8. The molecule has 0 unspecified atom stereocenters. The molecular weight excluding hydrogens is 220 g/mol. The number of carbonyl (C=O) groups is 1. The lowest BCUT2D eigenvalue weighted by Crippen LogP contribution is -2.13. The first kappa shape index (κ1) is 11.4. The van der Waals surface area contributed by atoms with Crippen molar-refractivity contribution >= 4 is 17.4 Å². The van der Waals surface area contributed by atoms with Gasteiger partial charge in [-0.1, -0.05) is 0 Å². The molecule has 2 aromatic rings. The second-order valence-electron chi connectivity index (χ2n) is 4.07. The van der Waals surface area contributed by atoms with Crippen LogP contribution in [0, 0.1) is 6.92 Å². The fourth-order valence-electron chi connectivity index (χ4n) is 1.66. The summed E-state index contributed by atoms with van der Waals surface area (Å²) in [6, 6.07) is 3.69. The number of aryl methyl sites for hydroxylation is 1. The van der Waals surface area contributed by atoms with Gasteiger partial charge in [0.15, 0.2) is 5.65 Å². The van der Waals surface area contributed by atoms with Gasteiger partial charge in [0.2, 0.25) is 0 Å². The molecule has 2 aromatic heterocycles. The summed E-state index contributed by atoms with van der Waals surface area (Å²) >= 11 is 0. The number of imidazole rings is 1. The molecule has 0 spiro atoms. The summed E-state index contributed by atoms with van der Waals surface area (Å²) in [6.07, 6.45) is -0.0725. The van der Waals surface area contributed by atoms with Crippen molar-refractivity contribution in [3.63, 3.8) is 0 Å². The molecule has 0 aliphatic rings. The maximum absolute atomic E-state index is 10.8. The average Bonchev–Trinajstić information content (AvgIpc) is 2.54. The molecule has 0 saturated carbocycles. The zero-order valence-electron chi connectivity index (χ0n) is 10.0. The van der Waals surface area contributed by atoms with E-state index in [9.17, 15) is 4.79 Å². The van der Waals surface area contributed by atoms with Crippen LogP contribution in [0.4, 0.5) is 5.82 Å². The Hall–Kier alpha value is -2.11. The molecule has 17 heavy (non-hydrogen) atoms. The standard InChI is InChI=1S/C11H14N4O2/c1-7-8(6-11(16)17)15-9(12-7)4-5-10(13-15)14(2)3/h4-5H,6H2,1-3H3,(H,16,17). The van der Waals surface area contributed by atoms with Crippen molar-refractivity contribution in [2.45, 2.75) is 13.3 Å². The molecule has 1 N–H and O–H groups in total. The third-order valence-electron chi connectivity index (χ3n) is 2.53. The molecular formula is C11H14N4O2. The third kappa shape index (κ3) is 2.06. The van der Waals surface area contributed by atoms with E-state index in [1.54, 1.807) is 11.4 Å². The van der Waals surface area contributed by atoms with Gasteiger partial charge in [-0.05, 0) is 19.1 Å². The smallest absolute Gasteiger partial charge is 0.309 e. The number of rotatable bonds is 3. The second-order valence-corrected chi connectivity index (χ2v) is 4.07. The van der Waals surface area contributed by atoms with Crippen LogP contribution in [0.3, 0.4) is 0 Å². The van der Waals surface area contributed by atoms with Crippen LogP contribution in [-0.2, 0) is 11.2 Å². The molecule has 0 aliphatic heterocycles. The van der Waals surface area contributed by atoms with Crippen LogP contribution in [0.5, 0.6) is 0 Å². The molecule has 0 radical (unpaired) electrons. The number of carboxylic acid groups (broad SMARTS) is 1. The first-order chi connectivity index (χ1) is 7.99. The van der Waals surface area contributed by atoms with Crippen LogP contribution in [0.2, 0.25) is 0 Å². The summed E-state index contributed by atoms with van der Waals surface area (Å²) in [4.78, 5) is 16.9. The fraction of sp³-hybridized carbons (Fsp3) is 0.364. The van der Waals surface area contributed by atoms with Crippen molar-refractivity contribution < 1.29 is 9.90 Å². The third-order valence-corrected chi connectivity index (χ3v) is 2.53. The Labute approximate surface area is 98.5 Å². The van der Waals surface area contributed by atoms with Gasteiger partial charge in [0.25, 0.3) is 0 Å². The van der Waals surface area contributed by atoms with E-state index in [-0.39, 0.29) is 6.42 Å². The highest BCUT2D eigenvalue weighted by Gasteiger charge is 2.13. The lowest BCUT2D eigenvalue weighted by molar-refractivity contribution is -0.136. The number of aliphatic carboxylic acids is 1. The van der Waals surface area contributed by atoms with Gasteiger partial charge in [0, 0.05) is 14.1 Å². The molecule has 2 rings (SSSR count). The normalized spacial score (nSPS) is 10.8. The summed E-state index contributed by atoms with van der Waals surface area (Å²) in [5, 5.41) is 13.2. The van der Waals surface area contributed by atoms with Gasteiger partial charge in [-0.2, -0.15) is 0 Å². The van der Waals surface area contributed by atoms with Crippen molar-refractivity contribution in [3.05, 3.63) is 23.5 Å². The number of anilines is 1. The minimum absolute atomic E-state index is 0.0725. The largest absolute Gasteiger partial charge is 0.481 e. The predicted octanol–water partition coefficient (Wildman–Crippen LogP) is 0.731. The van der Waals surface area contributed by atoms with E-state index >= 15 is 0 Å². The number of hydrogen-bond acceptors (Lipinski definition) is 4. The Balaban J connectivity index is 2.60. The van der Waals surface area contributed by atoms with E-state index in [0.29, 0.717) is 17.0 Å². The van der Waals surface area contributed by atoms with Crippen LogP contribution < -0.4 is 4.90 Å². The topological polar surface area (TPSA) is 70.7 Å². The van der Waals surface area contributed by atoms with E-state index in [4.69, 9.17) is 5.11 Å². The molecule has 0 bridgehead atoms. The summed E-state index contributed by atoms with van der Waals surface area (Å²) in [5.74, 6) is -0.117. The number of fused-ring (bicyclic) bond motifs is 1. The van der Waals surface area contributed by atoms with Gasteiger partial charge >= 0.3 is 5.97 Å². The lowest BCUT2D eigenvalue weighted by Gasteiger charge is -2.11. The molecule has 0 aromatic carbocycles. The van der Waals surface area contributed by atoms with E-state index in [1.165, 1.54) is 0 Å². The van der Waals surface area contributed by atoms with Crippen molar-refractivity contribution in [2.24, 2.45) is 0 Å². The highest BCUT2D eigenvalue weighted by Crippen LogP contribution is 2.14. The van der Waals surface area contributed by atoms with Gasteiger partial charge in [-0.25, -0.2) is 9.50 Å². The Morgan fingerprint density at radius 2 is 2.18 bits per heavy atom. The highest BCUT2D eigenvalue weighted by atomic mass is 16.4. The number of aromatic nitrogens is 3. The van der Waals surface area contributed by atoms with Crippen LogP contribution in [-0.4, -0.2) is 39.8 Å². The molecule has 90 valence electrons. The monoisotopic (exact) mass is 234 g/mol. The first-order valence-corrected chi connectivity index (χ1v) is 5.23. The SMILES string of the molecule is Cc1nc2ccc(N(C)C)nn2c1CC(=O)O. The Kier molecular flexibility index (Phi) is 2.71. The van der Waals surface area contributed by atoms with Crippen LogP contribution in [0.15, 0.2) is 12.1 Å². The number of hydrogen-bond donors (Lipinski definition) is 1. The Morgan fingerprint density at radius 3 is 2.76 bits per heavy atom. The van der Waals surface area contributed by atoms with Gasteiger partial charge in [0.1, 0.15) is 5.82 Å². The Bertz CT molecular complexity index is 574. The molecule has 6 nitrogen and oxygen atoms in total. The summed E-state index contributed by atoms with van der Waals surface area (Å²) < 4.78 is 1.60. The minimum atomic E-state index is -0.882. The predicted molar refractivity (Wildman–Crippen MR) is 63.4 cm³/mol. The quantitative estimate of drug-likeness (QED) is 0.847. The fourth-order valence-corrected chi connectivity index (χ4v) is 1.66. The van der Waals surface area contributed by atoms with Crippen molar-refractivity contribution in [2.75, 3.05) is 19.0 Å². The maximum Gasteiger partial charge on any atom is 0.309 e. The van der Waals surface area contributed by atoms with Gasteiger partial charge in [-0.15, -0.1) is 5.10 Å². The van der Waals surface area contributed by atoms with Crippen LogP contribution in [0.1, 0.15) is 11.4 Å². The van der Waals surface area contributed by atoms with Gasteiger partial charge in [-0.3, -0.25) is 4.79 Å². The van der Waals surface area contributed by atoms with Crippen LogP contribution >= 0.6 is 0 Å². The summed E-state index contributed by atoms with van der Waals surface area (Å²) in [7, 11) is 3.77. The highest BCUT2D eigenvalue weighted by molar-refractivity contribution is 5.70. The molecule has 6 heteroatoms. The molecule has 0 aliphatic carbocycles. The first-order valence-electron chi connectivity index (χ1n) is 5.23. The van der Waals surface area contributed by atoms with Crippen molar-refractivity contribution in [3.8, 4) is 0 Å². The van der Waals surface area contributed by atoms with E-state index in [2.05, 4.69) is 10.1 Å². The van der Waals surface area contributed by atoms with Crippen molar-refractivity contribution in [1.29, 1.82) is 0 Å². The summed E-state index contributed by atoms with van der Waals surface area (Å²) in [5.41, 5.74) is 2.00. The number of nitrogens with zero attached hydrogens (tertiary/aromatic N) is 4. The molecule has 0 amide bonds. The minimum Gasteiger partial charge on any atom is -0.481 e. The van der Waals surface area contributed by atoms with E-state index in [0.717, 1.165) is 5.82 Å². The van der Waals surface area contributed by atoms with Gasteiger partial charge < -0.3 is 10.0 Å². The zero-order chi connectivity index (χ0) is 12.6. The molecule has 0 saturated heterocycles. The second kappa shape index (κ2) is 4.04. The molecule has 0 atom stereocenters.